The van der Waals surface area contributed by atoms with Gasteiger partial charge in [-0.3, -0.25) is 4.79 Å². The number of fused-ring (bicyclic) bond motifs is 2. The molecule has 2 heterocycles. The highest BCUT2D eigenvalue weighted by Gasteiger charge is 2.50. The molecule has 0 aromatic heterocycles. The van der Waals surface area contributed by atoms with Gasteiger partial charge < -0.3 is 10.6 Å². The lowest BCUT2D eigenvalue weighted by Gasteiger charge is -2.37. The summed E-state index contributed by atoms with van der Waals surface area (Å²) < 4.78 is 13.4. The Balaban J connectivity index is 1.69. The van der Waals surface area contributed by atoms with Crippen molar-refractivity contribution >= 4 is 5.91 Å². The van der Waals surface area contributed by atoms with E-state index in [2.05, 4.69) is 10.6 Å². The van der Waals surface area contributed by atoms with Crippen molar-refractivity contribution in [3.05, 3.63) is 70.5 Å². The van der Waals surface area contributed by atoms with E-state index in [9.17, 15) is 9.18 Å². The molecule has 2 bridgehead atoms. The number of amides is 1. The minimum atomic E-state index is -0.255. The van der Waals surface area contributed by atoms with Crippen molar-refractivity contribution < 1.29 is 9.18 Å². The molecule has 1 atom stereocenters. The first-order valence-corrected chi connectivity index (χ1v) is 9.39. The third-order valence-corrected chi connectivity index (χ3v) is 6.11. The van der Waals surface area contributed by atoms with Crippen molar-refractivity contribution in [3.8, 4) is 0 Å². The number of benzene rings is 2. The van der Waals surface area contributed by atoms with Gasteiger partial charge in [0.25, 0.3) is 5.91 Å². The number of carbonyl (C=O) groups excluding carboxylic acids is 1. The molecule has 136 valence electrons. The highest BCUT2D eigenvalue weighted by Crippen LogP contribution is 2.45. The molecule has 0 spiro atoms. The molecule has 2 fully saturated rings. The van der Waals surface area contributed by atoms with Crippen molar-refractivity contribution in [2.45, 2.75) is 57.2 Å². The van der Waals surface area contributed by atoms with Crippen LogP contribution in [0.15, 0.2) is 42.5 Å². The van der Waals surface area contributed by atoms with Crippen LogP contribution in [0.4, 0.5) is 4.39 Å². The molecule has 3 nitrogen and oxygen atoms in total. The van der Waals surface area contributed by atoms with E-state index >= 15 is 0 Å². The molecule has 4 rings (SSSR count). The second kappa shape index (κ2) is 6.51. The van der Waals surface area contributed by atoms with Crippen LogP contribution in [0.3, 0.4) is 0 Å². The van der Waals surface area contributed by atoms with Crippen LogP contribution in [0.2, 0.25) is 0 Å². The highest BCUT2D eigenvalue weighted by atomic mass is 19.1. The van der Waals surface area contributed by atoms with Gasteiger partial charge in [0, 0.05) is 17.1 Å². The summed E-state index contributed by atoms with van der Waals surface area (Å²) in [6, 6.07) is 12.8. The van der Waals surface area contributed by atoms with Crippen molar-refractivity contribution in [1.82, 2.24) is 10.6 Å². The molecule has 2 saturated heterocycles. The number of hydrogen-bond acceptors (Lipinski definition) is 2. The molecule has 4 heteroatoms. The van der Waals surface area contributed by atoms with Crippen molar-refractivity contribution in [1.29, 1.82) is 0 Å². The molecule has 2 aliphatic heterocycles. The Kier molecular flexibility index (Phi) is 4.31. The quantitative estimate of drug-likeness (QED) is 0.866. The number of carbonyl (C=O) groups is 1. The largest absolute Gasteiger partial charge is 0.343 e. The predicted octanol–water partition coefficient (Wildman–Crippen LogP) is 4.20. The van der Waals surface area contributed by atoms with Crippen molar-refractivity contribution in [3.63, 3.8) is 0 Å². The molecule has 2 aliphatic rings. The third-order valence-electron chi connectivity index (χ3n) is 6.11. The average Bonchev–Trinajstić information content (AvgIpc) is 3.22. The minimum absolute atomic E-state index is 0.0542. The monoisotopic (exact) mass is 352 g/mol. The summed E-state index contributed by atoms with van der Waals surface area (Å²) in [4.78, 5) is 13.2. The Morgan fingerprint density at radius 3 is 2.27 bits per heavy atom. The Hall–Kier alpha value is -2.20. The zero-order chi connectivity index (χ0) is 18.3. The van der Waals surface area contributed by atoms with E-state index in [0.717, 1.165) is 47.9 Å². The number of halogens is 1. The maximum atomic E-state index is 13.4. The molecule has 1 amide bonds. The standard InChI is InChI=1S/C22H25FN2O/c1-14-4-3-5-15(2)19(14)21(26)24-20(16-6-8-17(23)9-7-16)22-12-10-18(25-22)11-13-22/h3-9,18,20,25H,10-13H2,1-2H3,(H,24,26)/t18?,20-,22?/m1/s1. The third kappa shape index (κ3) is 2.92. The highest BCUT2D eigenvalue weighted by molar-refractivity contribution is 5.97. The van der Waals surface area contributed by atoms with E-state index in [1.165, 1.54) is 12.1 Å². The lowest BCUT2D eigenvalue weighted by Crippen LogP contribution is -2.50. The maximum Gasteiger partial charge on any atom is 0.252 e. The first kappa shape index (κ1) is 17.2. The molecule has 0 saturated carbocycles. The van der Waals surface area contributed by atoms with Crippen LogP contribution >= 0.6 is 0 Å². The van der Waals surface area contributed by atoms with E-state index < -0.39 is 0 Å². The fraction of sp³-hybridized carbons (Fsp3) is 0.409. The Morgan fingerprint density at radius 1 is 1.12 bits per heavy atom. The fourth-order valence-electron chi connectivity index (χ4n) is 4.77. The number of rotatable bonds is 4. The van der Waals surface area contributed by atoms with Crippen LogP contribution in [0.25, 0.3) is 0 Å². The zero-order valence-electron chi connectivity index (χ0n) is 15.3. The lowest BCUT2D eigenvalue weighted by molar-refractivity contribution is 0.0906. The summed E-state index contributed by atoms with van der Waals surface area (Å²) in [6.07, 6.45) is 4.34. The number of aryl methyl sites for hydroxylation is 2. The summed E-state index contributed by atoms with van der Waals surface area (Å²) in [5.74, 6) is -0.309. The zero-order valence-corrected chi connectivity index (χ0v) is 15.3. The second-order valence-corrected chi connectivity index (χ2v) is 7.80. The summed E-state index contributed by atoms with van der Waals surface area (Å²) >= 11 is 0. The first-order chi connectivity index (χ1) is 12.5. The molecule has 2 aromatic rings. The van der Waals surface area contributed by atoms with Gasteiger partial charge in [0.1, 0.15) is 5.82 Å². The van der Waals surface area contributed by atoms with Crippen LogP contribution < -0.4 is 10.6 Å². The molecule has 2 N–H and O–H groups in total. The Labute approximate surface area is 154 Å². The van der Waals surface area contributed by atoms with Gasteiger partial charge in [-0.25, -0.2) is 4.39 Å². The number of nitrogens with one attached hydrogen (secondary N) is 2. The minimum Gasteiger partial charge on any atom is -0.343 e. The van der Waals surface area contributed by atoms with Crippen molar-refractivity contribution in [2.24, 2.45) is 0 Å². The fourth-order valence-corrected chi connectivity index (χ4v) is 4.77. The molecular formula is C22H25FN2O. The van der Waals surface area contributed by atoms with Gasteiger partial charge in [0.05, 0.1) is 6.04 Å². The average molecular weight is 352 g/mol. The van der Waals surface area contributed by atoms with Crippen LogP contribution in [0, 0.1) is 19.7 Å². The van der Waals surface area contributed by atoms with Crippen LogP contribution in [-0.4, -0.2) is 17.5 Å². The molecular weight excluding hydrogens is 327 g/mol. The van der Waals surface area contributed by atoms with Gasteiger partial charge in [-0.05, 0) is 68.4 Å². The summed E-state index contributed by atoms with van der Waals surface area (Å²) in [6.45, 7) is 3.93. The summed E-state index contributed by atoms with van der Waals surface area (Å²) in [5.41, 5.74) is 3.52. The molecule has 0 radical (unpaired) electrons. The first-order valence-electron chi connectivity index (χ1n) is 9.39. The summed E-state index contributed by atoms with van der Waals surface area (Å²) in [5, 5.41) is 7.02. The lowest BCUT2D eigenvalue weighted by atomic mass is 9.78. The number of hydrogen-bond donors (Lipinski definition) is 2. The van der Waals surface area contributed by atoms with E-state index in [1.807, 2.05) is 32.0 Å². The normalized spacial score (nSPS) is 25.3. The molecule has 26 heavy (non-hydrogen) atoms. The van der Waals surface area contributed by atoms with Crippen LogP contribution in [0.1, 0.15) is 58.8 Å². The van der Waals surface area contributed by atoms with Gasteiger partial charge >= 0.3 is 0 Å². The van der Waals surface area contributed by atoms with Gasteiger partial charge in [-0.2, -0.15) is 0 Å². The van der Waals surface area contributed by atoms with Crippen LogP contribution in [0.5, 0.6) is 0 Å². The van der Waals surface area contributed by atoms with E-state index in [4.69, 9.17) is 0 Å². The summed E-state index contributed by atoms with van der Waals surface area (Å²) in [7, 11) is 0. The Morgan fingerprint density at radius 2 is 1.73 bits per heavy atom. The molecule has 0 unspecified atom stereocenters. The topological polar surface area (TPSA) is 41.1 Å². The van der Waals surface area contributed by atoms with Gasteiger partial charge in [0.15, 0.2) is 0 Å². The van der Waals surface area contributed by atoms with Crippen LogP contribution in [-0.2, 0) is 0 Å². The van der Waals surface area contributed by atoms with Gasteiger partial charge in [-0.1, -0.05) is 30.3 Å². The second-order valence-electron chi connectivity index (χ2n) is 7.80. The maximum absolute atomic E-state index is 13.4. The molecule has 0 aliphatic carbocycles. The van der Waals surface area contributed by atoms with E-state index in [1.54, 1.807) is 12.1 Å². The smallest absolute Gasteiger partial charge is 0.252 e. The predicted molar refractivity (Wildman–Crippen MR) is 101 cm³/mol. The van der Waals surface area contributed by atoms with Gasteiger partial charge in [-0.15, -0.1) is 0 Å². The molecule has 2 aromatic carbocycles. The Bertz CT molecular complexity index is 802. The SMILES string of the molecule is Cc1cccc(C)c1C(=O)N[C@H](c1ccc(F)cc1)C12CCC(CC1)N2. The van der Waals surface area contributed by atoms with Crippen molar-refractivity contribution in [2.75, 3.05) is 0 Å². The van der Waals surface area contributed by atoms with E-state index in [-0.39, 0.29) is 23.3 Å². The van der Waals surface area contributed by atoms with Gasteiger partial charge in [0.2, 0.25) is 0 Å². The van der Waals surface area contributed by atoms with E-state index in [0.29, 0.717) is 6.04 Å².